The van der Waals surface area contributed by atoms with Crippen molar-refractivity contribution in [1.82, 2.24) is 10.3 Å². The van der Waals surface area contributed by atoms with Gasteiger partial charge in [0.15, 0.2) is 0 Å². The highest BCUT2D eigenvalue weighted by molar-refractivity contribution is 9.10. The highest BCUT2D eigenvalue weighted by Gasteiger charge is 2.11. The molecule has 1 atom stereocenters. The van der Waals surface area contributed by atoms with Gasteiger partial charge in [-0.3, -0.25) is 4.79 Å². The normalized spacial score (nSPS) is 12.6. The predicted molar refractivity (Wildman–Crippen MR) is 80.8 cm³/mol. The van der Waals surface area contributed by atoms with E-state index in [4.69, 9.17) is 4.74 Å². The third-order valence-corrected chi connectivity index (χ3v) is 3.67. The second kappa shape index (κ2) is 6.88. The number of hydrogen-bond donors (Lipinski definition) is 3. The molecular weight excluding hydrogens is 324 g/mol. The Labute approximate surface area is 125 Å². The summed E-state index contributed by atoms with van der Waals surface area (Å²) < 4.78 is 5.77. The fourth-order valence-corrected chi connectivity index (χ4v) is 2.44. The van der Waals surface area contributed by atoms with Crippen LogP contribution in [0.15, 0.2) is 28.7 Å². The Morgan fingerprint density at radius 2 is 2.35 bits per heavy atom. The number of aromatic amines is 1. The molecule has 0 radical (unpaired) electrons. The van der Waals surface area contributed by atoms with Crippen LogP contribution in [0.5, 0.6) is 0 Å². The van der Waals surface area contributed by atoms with E-state index in [1.165, 1.54) is 7.11 Å². The third kappa shape index (κ3) is 3.59. The maximum absolute atomic E-state index is 12.0. The van der Waals surface area contributed by atoms with Gasteiger partial charge in [-0.1, -0.05) is 22.0 Å². The lowest BCUT2D eigenvalue weighted by molar-refractivity contribution is 0.0587. The number of ether oxygens (including phenoxy) is 1. The molecule has 20 heavy (non-hydrogen) atoms. The number of H-pyrrole nitrogens is 1. The van der Waals surface area contributed by atoms with Crippen molar-refractivity contribution >= 4 is 32.7 Å². The van der Waals surface area contributed by atoms with E-state index in [9.17, 15) is 9.90 Å². The smallest absolute Gasteiger partial charge is 0.267 e. The molecular formula is C14H17BrN2O3. The van der Waals surface area contributed by atoms with Gasteiger partial charge in [0.1, 0.15) is 5.69 Å². The molecule has 0 aliphatic carbocycles. The van der Waals surface area contributed by atoms with Crippen LogP contribution in [-0.4, -0.2) is 42.4 Å². The monoisotopic (exact) mass is 340 g/mol. The standard InChI is InChI=1S/C14H17BrN2O3/c1-20-8-9(18)5-6-16-14(19)13-7-10-11(15)3-2-4-12(10)17-13/h2-4,7,9,17-18H,5-6,8H2,1H3,(H,16,19). The number of aliphatic hydroxyl groups is 1. The Morgan fingerprint density at radius 3 is 3.05 bits per heavy atom. The number of methoxy groups -OCH3 is 1. The summed E-state index contributed by atoms with van der Waals surface area (Å²) in [5, 5.41) is 13.2. The van der Waals surface area contributed by atoms with E-state index >= 15 is 0 Å². The van der Waals surface area contributed by atoms with Crippen molar-refractivity contribution < 1.29 is 14.6 Å². The van der Waals surface area contributed by atoms with Gasteiger partial charge in [0.05, 0.1) is 12.7 Å². The molecule has 3 N–H and O–H groups in total. The van der Waals surface area contributed by atoms with Crippen molar-refractivity contribution in [2.75, 3.05) is 20.3 Å². The number of aliphatic hydroxyl groups excluding tert-OH is 1. The van der Waals surface area contributed by atoms with Crippen LogP contribution in [0.1, 0.15) is 16.9 Å². The number of hydrogen-bond acceptors (Lipinski definition) is 3. The van der Waals surface area contributed by atoms with Gasteiger partial charge < -0.3 is 20.1 Å². The number of carbonyl (C=O) groups is 1. The Hall–Kier alpha value is -1.37. The summed E-state index contributed by atoms with van der Waals surface area (Å²) in [5.74, 6) is -0.183. The van der Waals surface area contributed by atoms with Crippen molar-refractivity contribution in [2.45, 2.75) is 12.5 Å². The van der Waals surface area contributed by atoms with Crippen molar-refractivity contribution in [3.8, 4) is 0 Å². The molecule has 0 saturated heterocycles. The number of carbonyl (C=O) groups excluding carboxylic acids is 1. The summed E-state index contributed by atoms with van der Waals surface area (Å²) in [6.45, 7) is 0.676. The molecule has 0 aliphatic heterocycles. The fraction of sp³-hybridized carbons (Fsp3) is 0.357. The van der Waals surface area contributed by atoms with Crippen molar-refractivity contribution in [2.24, 2.45) is 0 Å². The molecule has 0 bridgehead atoms. The molecule has 1 heterocycles. The number of fused-ring (bicyclic) bond motifs is 1. The van der Waals surface area contributed by atoms with Crippen LogP contribution in [0, 0.1) is 0 Å². The zero-order valence-electron chi connectivity index (χ0n) is 11.1. The molecule has 2 rings (SSSR count). The lowest BCUT2D eigenvalue weighted by Gasteiger charge is -2.09. The number of aromatic nitrogens is 1. The highest BCUT2D eigenvalue weighted by atomic mass is 79.9. The zero-order chi connectivity index (χ0) is 14.5. The zero-order valence-corrected chi connectivity index (χ0v) is 12.7. The third-order valence-electron chi connectivity index (χ3n) is 2.98. The van der Waals surface area contributed by atoms with Crippen LogP contribution in [0.2, 0.25) is 0 Å². The van der Waals surface area contributed by atoms with E-state index in [1.54, 1.807) is 6.07 Å². The summed E-state index contributed by atoms with van der Waals surface area (Å²) in [5.41, 5.74) is 1.41. The van der Waals surface area contributed by atoms with Crippen LogP contribution in [0.25, 0.3) is 10.9 Å². The number of nitrogens with one attached hydrogen (secondary N) is 2. The van der Waals surface area contributed by atoms with Gasteiger partial charge in [-0.2, -0.15) is 0 Å². The maximum atomic E-state index is 12.0. The van der Waals surface area contributed by atoms with E-state index in [-0.39, 0.29) is 12.5 Å². The first-order valence-corrected chi connectivity index (χ1v) is 7.13. The first-order valence-electron chi connectivity index (χ1n) is 6.34. The van der Waals surface area contributed by atoms with Gasteiger partial charge in [-0.15, -0.1) is 0 Å². The minimum absolute atomic E-state index is 0.183. The van der Waals surface area contributed by atoms with E-state index in [2.05, 4.69) is 26.2 Å². The predicted octanol–water partition coefficient (Wildman–Crippen LogP) is 2.06. The largest absolute Gasteiger partial charge is 0.391 e. The molecule has 1 unspecified atom stereocenters. The molecule has 5 nitrogen and oxygen atoms in total. The Morgan fingerprint density at radius 1 is 1.55 bits per heavy atom. The van der Waals surface area contributed by atoms with Crippen LogP contribution >= 0.6 is 15.9 Å². The lowest BCUT2D eigenvalue weighted by atomic mass is 10.2. The number of amides is 1. The van der Waals surface area contributed by atoms with Gasteiger partial charge >= 0.3 is 0 Å². The summed E-state index contributed by atoms with van der Waals surface area (Å²) in [7, 11) is 1.53. The van der Waals surface area contributed by atoms with Gasteiger partial charge in [0, 0.05) is 29.0 Å². The summed E-state index contributed by atoms with van der Waals surface area (Å²) in [4.78, 5) is 15.1. The molecule has 0 fully saturated rings. The minimum Gasteiger partial charge on any atom is -0.391 e. The number of rotatable bonds is 6. The highest BCUT2D eigenvalue weighted by Crippen LogP contribution is 2.24. The average molecular weight is 341 g/mol. The van der Waals surface area contributed by atoms with Crippen LogP contribution < -0.4 is 5.32 Å². The van der Waals surface area contributed by atoms with Gasteiger partial charge in [-0.05, 0) is 24.6 Å². The average Bonchev–Trinajstić information content (AvgIpc) is 2.84. The van der Waals surface area contributed by atoms with Crippen molar-refractivity contribution in [3.05, 3.63) is 34.4 Å². The van der Waals surface area contributed by atoms with E-state index in [0.29, 0.717) is 18.7 Å². The topological polar surface area (TPSA) is 74.3 Å². The summed E-state index contributed by atoms with van der Waals surface area (Å²) in [6.07, 6.45) is -0.0964. The van der Waals surface area contributed by atoms with Crippen molar-refractivity contribution in [1.29, 1.82) is 0 Å². The van der Waals surface area contributed by atoms with Crippen molar-refractivity contribution in [3.63, 3.8) is 0 Å². The molecule has 1 aromatic carbocycles. The Kier molecular flexibility index (Phi) is 5.17. The van der Waals surface area contributed by atoms with Gasteiger partial charge in [0.25, 0.3) is 5.91 Å². The number of benzene rings is 1. The van der Waals surface area contributed by atoms with Gasteiger partial charge in [-0.25, -0.2) is 0 Å². The molecule has 6 heteroatoms. The van der Waals surface area contributed by atoms with Gasteiger partial charge in [0.2, 0.25) is 0 Å². The maximum Gasteiger partial charge on any atom is 0.267 e. The molecule has 0 spiro atoms. The number of halogens is 1. The Bertz CT molecular complexity index is 597. The molecule has 0 saturated carbocycles. The lowest BCUT2D eigenvalue weighted by Crippen LogP contribution is -2.28. The molecule has 1 amide bonds. The van der Waals surface area contributed by atoms with E-state index < -0.39 is 6.10 Å². The second-order valence-corrected chi connectivity index (χ2v) is 5.39. The Balaban J connectivity index is 1.96. The second-order valence-electron chi connectivity index (χ2n) is 4.54. The fourth-order valence-electron chi connectivity index (χ4n) is 1.96. The molecule has 2 aromatic rings. The summed E-state index contributed by atoms with van der Waals surface area (Å²) >= 11 is 3.45. The summed E-state index contributed by atoms with van der Waals surface area (Å²) in [6, 6.07) is 7.56. The molecule has 0 aliphatic rings. The van der Waals surface area contributed by atoms with E-state index in [1.807, 2.05) is 18.2 Å². The minimum atomic E-state index is -0.558. The SMILES string of the molecule is COCC(O)CCNC(=O)c1cc2c(Br)cccc2[nH]1. The molecule has 108 valence electrons. The first kappa shape index (κ1) is 15.0. The molecule has 1 aromatic heterocycles. The quantitative estimate of drug-likeness (QED) is 0.753. The van der Waals surface area contributed by atoms with Crippen LogP contribution in [-0.2, 0) is 4.74 Å². The van der Waals surface area contributed by atoms with E-state index in [0.717, 1.165) is 15.4 Å². The first-order chi connectivity index (χ1) is 9.61. The van der Waals surface area contributed by atoms with Crippen LogP contribution in [0.4, 0.5) is 0 Å². The van der Waals surface area contributed by atoms with Crippen LogP contribution in [0.3, 0.4) is 0 Å².